The van der Waals surface area contributed by atoms with Crippen molar-refractivity contribution in [1.29, 1.82) is 0 Å². The fraction of sp³-hybridized carbons (Fsp3) is 0.419. The summed E-state index contributed by atoms with van der Waals surface area (Å²) in [5.74, 6) is 0.672. The molecule has 0 saturated heterocycles. The molecule has 0 radical (unpaired) electrons. The molecule has 1 heterocycles. The third-order valence-electron chi connectivity index (χ3n) is 5.09. The van der Waals surface area contributed by atoms with Crippen LogP contribution < -0.4 is 15.0 Å². The zero-order valence-electron chi connectivity index (χ0n) is 23.6. The molecule has 1 N–H and O–H groups in total. The third-order valence-corrected chi connectivity index (χ3v) is 5.09. The predicted molar refractivity (Wildman–Crippen MR) is 153 cm³/mol. The number of nitrogens with zero attached hydrogens (tertiary/aromatic N) is 1. The molecule has 3 rings (SSSR count). The molecule has 202 valence electrons. The smallest absolute Gasteiger partial charge is 0.414 e. The number of aryl methyl sites for hydroxylation is 1. The minimum atomic E-state index is -0.621. The summed E-state index contributed by atoms with van der Waals surface area (Å²) < 4.78 is 11.6. The summed E-state index contributed by atoms with van der Waals surface area (Å²) in [6.45, 7) is 18.2. The molecular weight excluding hydrogens is 464 g/mol. The lowest BCUT2D eigenvalue weighted by atomic mass is 10.1. The minimum absolute atomic E-state index is 0.0745. The van der Waals surface area contributed by atoms with Crippen molar-refractivity contribution in [3.05, 3.63) is 84.0 Å². The zero-order chi connectivity index (χ0) is 27.8. The van der Waals surface area contributed by atoms with E-state index in [0.29, 0.717) is 31.7 Å². The molecule has 0 fully saturated rings. The maximum absolute atomic E-state index is 13.1. The molecule has 2 aromatic carbocycles. The SMILES string of the molecule is C=CC.CC.CCc1cc(OCc2ccccc2)ccc1N(CCC1=CCNC1=O)C(=O)OC(C)(C)C. The van der Waals surface area contributed by atoms with Gasteiger partial charge >= 0.3 is 6.09 Å². The summed E-state index contributed by atoms with van der Waals surface area (Å²) in [4.78, 5) is 26.6. The summed E-state index contributed by atoms with van der Waals surface area (Å²) >= 11 is 0. The first kappa shape index (κ1) is 31.5. The lowest BCUT2D eigenvalue weighted by Crippen LogP contribution is -2.38. The Morgan fingerprint density at radius 3 is 2.32 bits per heavy atom. The third kappa shape index (κ3) is 10.9. The lowest BCUT2D eigenvalue weighted by molar-refractivity contribution is -0.116. The van der Waals surface area contributed by atoms with Crippen molar-refractivity contribution in [3.63, 3.8) is 0 Å². The standard InChI is InChI=1S/C26H32N2O4.C3H6.C2H6/c1-5-20-17-22(31-18-19-9-7-6-8-10-19)11-12-23(20)28(25(30)32-26(2,3)4)16-14-21-13-15-27-24(21)29;1-3-2;1-2/h6-13,17H,5,14-16,18H2,1-4H3,(H,27,29);3H,1H2,2H3;1-2H3. The number of anilines is 1. The van der Waals surface area contributed by atoms with Crippen molar-refractivity contribution in [2.75, 3.05) is 18.0 Å². The summed E-state index contributed by atoms with van der Waals surface area (Å²) in [7, 11) is 0. The van der Waals surface area contributed by atoms with E-state index in [-0.39, 0.29) is 5.91 Å². The van der Waals surface area contributed by atoms with Crippen LogP contribution in [-0.2, 0) is 22.6 Å². The van der Waals surface area contributed by atoms with E-state index in [1.807, 2.05) is 103 Å². The number of carbonyl (C=O) groups is 2. The maximum Gasteiger partial charge on any atom is 0.414 e. The van der Waals surface area contributed by atoms with E-state index in [1.165, 1.54) is 0 Å². The van der Waals surface area contributed by atoms with Crippen LogP contribution in [0.5, 0.6) is 5.75 Å². The number of amides is 2. The Morgan fingerprint density at radius 2 is 1.78 bits per heavy atom. The number of nitrogens with one attached hydrogen (secondary N) is 1. The number of hydrogen-bond donors (Lipinski definition) is 1. The Balaban J connectivity index is 0.00000127. The predicted octanol–water partition coefficient (Wildman–Crippen LogP) is 7.23. The highest BCUT2D eigenvalue weighted by Gasteiger charge is 2.26. The van der Waals surface area contributed by atoms with Crippen LogP contribution >= 0.6 is 0 Å². The van der Waals surface area contributed by atoms with Crippen LogP contribution in [0.2, 0.25) is 0 Å². The Kier molecular flexibility index (Phi) is 13.8. The van der Waals surface area contributed by atoms with E-state index in [0.717, 1.165) is 29.0 Å². The van der Waals surface area contributed by atoms with Gasteiger partial charge in [-0.2, -0.15) is 0 Å². The highest BCUT2D eigenvalue weighted by atomic mass is 16.6. The summed E-state index contributed by atoms with van der Waals surface area (Å²) in [5, 5.41) is 2.78. The van der Waals surface area contributed by atoms with Gasteiger partial charge in [0.15, 0.2) is 0 Å². The van der Waals surface area contributed by atoms with Crippen molar-refractivity contribution in [1.82, 2.24) is 5.32 Å². The van der Waals surface area contributed by atoms with Crippen LogP contribution in [0.1, 0.15) is 66.0 Å². The van der Waals surface area contributed by atoms with Crippen molar-refractivity contribution in [2.45, 2.75) is 73.5 Å². The first-order chi connectivity index (χ1) is 17.7. The van der Waals surface area contributed by atoms with Gasteiger partial charge in [0.2, 0.25) is 5.91 Å². The van der Waals surface area contributed by atoms with Crippen molar-refractivity contribution in [2.24, 2.45) is 0 Å². The van der Waals surface area contributed by atoms with Crippen LogP contribution in [0.25, 0.3) is 0 Å². The Morgan fingerprint density at radius 1 is 1.14 bits per heavy atom. The van der Waals surface area contributed by atoms with E-state index in [9.17, 15) is 9.59 Å². The molecule has 1 aliphatic rings. The molecule has 0 aromatic heterocycles. The van der Waals surface area contributed by atoms with Crippen molar-refractivity contribution >= 4 is 17.7 Å². The zero-order valence-corrected chi connectivity index (χ0v) is 23.6. The molecule has 2 amide bonds. The summed E-state index contributed by atoms with van der Waals surface area (Å²) in [5.41, 5.74) is 2.91. The highest BCUT2D eigenvalue weighted by Crippen LogP contribution is 2.29. The summed E-state index contributed by atoms with van der Waals surface area (Å²) in [6, 6.07) is 15.7. The Hall–Kier alpha value is -3.54. The molecular formula is C31H44N2O4. The molecule has 1 aliphatic heterocycles. The molecule has 2 aromatic rings. The van der Waals surface area contributed by atoms with Crippen LogP contribution in [0.3, 0.4) is 0 Å². The number of carbonyl (C=O) groups excluding carboxylic acids is 2. The molecule has 6 nitrogen and oxygen atoms in total. The average molecular weight is 509 g/mol. The van der Waals surface area contributed by atoms with Crippen molar-refractivity contribution in [3.8, 4) is 5.75 Å². The van der Waals surface area contributed by atoms with Gasteiger partial charge in [0.1, 0.15) is 18.0 Å². The molecule has 0 aliphatic carbocycles. The number of ether oxygens (including phenoxy) is 2. The van der Waals surface area contributed by atoms with Gasteiger partial charge in [-0.25, -0.2) is 4.79 Å². The first-order valence-electron chi connectivity index (χ1n) is 13.0. The first-order valence-corrected chi connectivity index (χ1v) is 13.0. The molecule has 6 heteroatoms. The van der Waals surface area contributed by atoms with Crippen LogP contribution in [0, 0.1) is 0 Å². The monoisotopic (exact) mass is 508 g/mol. The number of benzene rings is 2. The van der Waals surface area contributed by atoms with Crippen LogP contribution in [-0.4, -0.2) is 30.7 Å². The topological polar surface area (TPSA) is 67.9 Å². The van der Waals surface area contributed by atoms with E-state index < -0.39 is 11.7 Å². The molecule has 0 unspecified atom stereocenters. The van der Waals surface area contributed by atoms with Gasteiger partial charge in [-0.1, -0.05) is 63.3 Å². The van der Waals surface area contributed by atoms with E-state index in [2.05, 4.69) is 11.9 Å². The van der Waals surface area contributed by atoms with Gasteiger partial charge in [0.05, 0.1) is 5.69 Å². The average Bonchev–Trinajstić information content (AvgIpc) is 3.29. The Bertz CT molecular complexity index is 1020. The Labute approximate surface area is 223 Å². The molecule has 0 saturated carbocycles. The van der Waals surface area contributed by atoms with Crippen LogP contribution in [0.15, 0.2) is 72.8 Å². The number of hydrogen-bond acceptors (Lipinski definition) is 4. The second-order valence-electron chi connectivity index (χ2n) is 9.15. The number of allylic oxidation sites excluding steroid dienone is 1. The fourth-order valence-corrected chi connectivity index (χ4v) is 3.49. The molecule has 0 bridgehead atoms. The summed E-state index contributed by atoms with van der Waals surface area (Å²) in [6.07, 6.45) is 4.38. The highest BCUT2D eigenvalue weighted by molar-refractivity contribution is 5.96. The van der Waals surface area contributed by atoms with E-state index >= 15 is 0 Å². The molecule has 0 spiro atoms. The van der Waals surface area contributed by atoms with Gasteiger partial charge in [-0.05, 0) is 69.9 Å². The quantitative estimate of drug-likeness (QED) is 0.382. The largest absolute Gasteiger partial charge is 0.489 e. The number of rotatable bonds is 8. The van der Waals surface area contributed by atoms with Gasteiger partial charge < -0.3 is 14.8 Å². The van der Waals surface area contributed by atoms with Gasteiger partial charge in [-0.3, -0.25) is 9.69 Å². The minimum Gasteiger partial charge on any atom is -0.489 e. The lowest BCUT2D eigenvalue weighted by Gasteiger charge is -2.29. The second kappa shape index (κ2) is 16.3. The van der Waals surface area contributed by atoms with E-state index in [1.54, 1.807) is 11.0 Å². The van der Waals surface area contributed by atoms with E-state index in [4.69, 9.17) is 9.47 Å². The van der Waals surface area contributed by atoms with Gasteiger partial charge in [-0.15, -0.1) is 6.58 Å². The fourth-order valence-electron chi connectivity index (χ4n) is 3.49. The van der Waals surface area contributed by atoms with Crippen molar-refractivity contribution < 1.29 is 19.1 Å². The van der Waals surface area contributed by atoms with Gasteiger partial charge in [0, 0.05) is 18.7 Å². The molecule has 37 heavy (non-hydrogen) atoms. The molecule has 0 atom stereocenters. The normalized spacial score (nSPS) is 12.1. The maximum atomic E-state index is 13.1. The van der Waals surface area contributed by atoms with Gasteiger partial charge in [0.25, 0.3) is 0 Å². The second-order valence-corrected chi connectivity index (χ2v) is 9.15. The van der Waals surface area contributed by atoms with Crippen LogP contribution in [0.4, 0.5) is 10.5 Å².